The first kappa shape index (κ1) is 22.2. The Morgan fingerprint density at radius 3 is 2.82 bits per heavy atom. The maximum absolute atomic E-state index is 13.1. The highest BCUT2D eigenvalue weighted by molar-refractivity contribution is 6.01. The Balaban J connectivity index is 1.50. The van der Waals surface area contributed by atoms with E-state index in [2.05, 4.69) is 47.4 Å². The van der Waals surface area contributed by atoms with E-state index in [0.717, 1.165) is 23.8 Å². The summed E-state index contributed by atoms with van der Waals surface area (Å²) in [7, 11) is 1.38. The number of fused-ring (bicyclic) bond motifs is 1. The number of anilines is 4. The molecule has 172 valence electrons. The normalized spacial score (nSPS) is 16.0. The molecular weight excluding hydrogens is 437 g/mol. The molecule has 12 heteroatoms. The Morgan fingerprint density at radius 2 is 2.09 bits per heavy atom. The molecule has 3 N–H and O–H groups in total. The van der Waals surface area contributed by atoms with Crippen LogP contribution in [0.4, 0.5) is 36.4 Å². The molecule has 4 rings (SSSR count). The number of rotatable bonds is 6. The van der Waals surface area contributed by atoms with Crippen LogP contribution in [0, 0.1) is 0 Å². The number of nitrogens with one attached hydrogen (secondary N) is 3. The van der Waals surface area contributed by atoms with E-state index < -0.39 is 11.7 Å². The fourth-order valence-corrected chi connectivity index (χ4v) is 3.67. The van der Waals surface area contributed by atoms with Crippen LogP contribution in [-0.4, -0.2) is 52.0 Å². The van der Waals surface area contributed by atoms with E-state index in [-0.39, 0.29) is 23.7 Å². The molecular formula is C21H21F3N8O. The minimum atomic E-state index is -4.54. The topological polar surface area (TPSA) is 108 Å². The number of hydrogen-bond donors (Lipinski definition) is 3. The molecule has 1 aliphatic heterocycles. The van der Waals surface area contributed by atoms with Gasteiger partial charge in [0, 0.05) is 43.4 Å². The molecule has 9 nitrogen and oxygen atoms in total. The van der Waals surface area contributed by atoms with E-state index in [1.54, 1.807) is 12.1 Å². The van der Waals surface area contributed by atoms with Crippen molar-refractivity contribution in [1.29, 1.82) is 0 Å². The van der Waals surface area contributed by atoms with Crippen molar-refractivity contribution in [3.05, 3.63) is 48.9 Å². The van der Waals surface area contributed by atoms with Crippen LogP contribution in [-0.2, 0) is 11.0 Å². The number of alkyl halides is 3. The van der Waals surface area contributed by atoms with Crippen molar-refractivity contribution in [1.82, 2.24) is 19.9 Å². The quantitative estimate of drug-likeness (QED) is 0.483. The number of carbonyl (C=O) groups excluding carboxylic acids is 1. The minimum Gasteiger partial charge on any atom is -0.372 e. The summed E-state index contributed by atoms with van der Waals surface area (Å²) < 4.78 is 39.2. The highest BCUT2D eigenvalue weighted by Gasteiger charge is 2.35. The zero-order chi connectivity index (χ0) is 23.6. The molecule has 1 aliphatic rings. The first-order valence-electron chi connectivity index (χ1n) is 10.1. The van der Waals surface area contributed by atoms with Crippen LogP contribution >= 0.6 is 0 Å². The van der Waals surface area contributed by atoms with Crippen LogP contribution < -0.4 is 20.9 Å². The molecule has 2 aromatic heterocycles. The fourth-order valence-electron chi connectivity index (χ4n) is 3.67. The van der Waals surface area contributed by atoms with E-state index in [4.69, 9.17) is 0 Å². The lowest BCUT2D eigenvalue weighted by Crippen LogP contribution is -2.27. The first-order valence-corrected chi connectivity index (χ1v) is 10.1. The van der Waals surface area contributed by atoms with Gasteiger partial charge in [-0.2, -0.15) is 18.2 Å². The summed E-state index contributed by atoms with van der Waals surface area (Å²) in [4.78, 5) is 30.1. The molecule has 1 saturated heterocycles. The second kappa shape index (κ2) is 8.88. The Morgan fingerprint density at radius 1 is 1.27 bits per heavy atom. The zero-order valence-electron chi connectivity index (χ0n) is 17.6. The summed E-state index contributed by atoms with van der Waals surface area (Å²) in [5.74, 6) is 0.254. The summed E-state index contributed by atoms with van der Waals surface area (Å²) in [6.45, 7) is 4.67. The molecule has 0 saturated carbocycles. The largest absolute Gasteiger partial charge is 0.421 e. The molecule has 1 atom stereocenters. The smallest absolute Gasteiger partial charge is 0.372 e. The van der Waals surface area contributed by atoms with Crippen LogP contribution in [0.2, 0.25) is 0 Å². The summed E-state index contributed by atoms with van der Waals surface area (Å²) in [5.41, 5.74) is 0.348. The van der Waals surface area contributed by atoms with Crippen LogP contribution in [0.25, 0.3) is 10.9 Å². The number of carbonyl (C=O) groups is 1. The van der Waals surface area contributed by atoms with Crippen molar-refractivity contribution in [3.8, 4) is 0 Å². The number of halogens is 3. The van der Waals surface area contributed by atoms with Gasteiger partial charge in [0.25, 0.3) is 0 Å². The van der Waals surface area contributed by atoms with Gasteiger partial charge in [0.15, 0.2) is 0 Å². The third-order valence-corrected chi connectivity index (χ3v) is 5.22. The second-order valence-corrected chi connectivity index (χ2v) is 7.40. The first-order chi connectivity index (χ1) is 15.8. The fraction of sp³-hybridized carbons (Fsp3) is 0.286. The van der Waals surface area contributed by atoms with Crippen molar-refractivity contribution in [2.45, 2.75) is 18.6 Å². The summed E-state index contributed by atoms with van der Waals surface area (Å²) >= 11 is 0. The number of hydrogen-bond acceptors (Lipinski definition) is 8. The zero-order valence-corrected chi connectivity index (χ0v) is 17.6. The molecule has 1 aromatic carbocycles. The van der Waals surface area contributed by atoms with E-state index in [1.165, 1.54) is 19.5 Å². The summed E-state index contributed by atoms with van der Waals surface area (Å²) in [6.07, 6.45) is -0.404. The van der Waals surface area contributed by atoms with Gasteiger partial charge in [-0.3, -0.25) is 4.79 Å². The molecule has 0 aliphatic carbocycles. The van der Waals surface area contributed by atoms with Gasteiger partial charge in [-0.15, -0.1) is 0 Å². The molecule has 0 spiro atoms. The number of amides is 1. The molecule has 0 unspecified atom stereocenters. The van der Waals surface area contributed by atoms with Crippen molar-refractivity contribution in [3.63, 3.8) is 0 Å². The highest BCUT2D eigenvalue weighted by Crippen LogP contribution is 2.34. The minimum absolute atomic E-state index is 0.0809. The van der Waals surface area contributed by atoms with E-state index in [1.807, 2.05) is 6.07 Å². The van der Waals surface area contributed by atoms with Crippen molar-refractivity contribution in [2.24, 2.45) is 0 Å². The van der Waals surface area contributed by atoms with E-state index in [9.17, 15) is 18.0 Å². The second-order valence-electron chi connectivity index (χ2n) is 7.40. The van der Waals surface area contributed by atoms with Gasteiger partial charge in [-0.1, -0.05) is 6.58 Å². The lowest BCUT2D eigenvalue weighted by atomic mass is 10.2. The van der Waals surface area contributed by atoms with Crippen LogP contribution in [0.1, 0.15) is 12.0 Å². The maximum Gasteiger partial charge on any atom is 0.421 e. The molecule has 1 fully saturated rings. The van der Waals surface area contributed by atoms with Gasteiger partial charge in [-0.05, 0) is 30.7 Å². The molecule has 3 aromatic rings. The lowest BCUT2D eigenvalue weighted by Gasteiger charge is -2.20. The molecule has 3 heterocycles. The number of aromatic nitrogens is 4. The Kier molecular flexibility index (Phi) is 5.99. The van der Waals surface area contributed by atoms with Crippen molar-refractivity contribution < 1.29 is 18.0 Å². The van der Waals surface area contributed by atoms with Crippen LogP contribution in [0.5, 0.6) is 0 Å². The SMILES string of the molecule is C=CC(=O)Nc1ccc2c(N3CC[C@@H](Nc4ncc(C(F)(F)F)c(NC)n4)C3)ncnc2c1. The van der Waals surface area contributed by atoms with E-state index >= 15 is 0 Å². The van der Waals surface area contributed by atoms with Gasteiger partial charge in [0.1, 0.15) is 23.5 Å². The third kappa shape index (κ3) is 4.78. The average Bonchev–Trinajstić information content (AvgIpc) is 3.25. The van der Waals surface area contributed by atoms with Gasteiger partial charge >= 0.3 is 6.18 Å². The lowest BCUT2D eigenvalue weighted by molar-refractivity contribution is -0.137. The third-order valence-electron chi connectivity index (χ3n) is 5.22. The molecule has 33 heavy (non-hydrogen) atoms. The Bertz CT molecular complexity index is 1200. The molecule has 1 amide bonds. The van der Waals surface area contributed by atoms with E-state index in [0.29, 0.717) is 24.3 Å². The van der Waals surface area contributed by atoms with Gasteiger partial charge < -0.3 is 20.9 Å². The monoisotopic (exact) mass is 458 g/mol. The number of nitrogens with zero attached hydrogens (tertiary/aromatic N) is 5. The molecule has 0 radical (unpaired) electrons. The maximum atomic E-state index is 13.1. The van der Waals surface area contributed by atoms with Gasteiger partial charge in [0.2, 0.25) is 11.9 Å². The predicted molar refractivity (Wildman–Crippen MR) is 119 cm³/mol. The van der Waals surface area contributed by atoms with Crippen LogP contribution in [0.3, 0.4) is 0 Å². The Hall–Kier alpha value is -3.96. The molecule has 0 bridgehead atoms. The summed E-state index contributed by atoms with van der Waals surface area (Å²) in [6, 6.07) is 5.27. The standard InChI is InChI=1S/C21H21F3N8O/c1-3-17(33)29-12-4-5-14-16(8-12)27-11-28-19(14)32-7-6-13(10-32)30-20-26-9-15(21(22,23)24)18(25-2)31-20/h3-5,8-9,11,13H,1,6-7,10H2,2H3,(H,29,33)(H2,25,26,30,31)/t13-/m1/s1. The van der Waals surface area contributed by atoms with Crippen molar-refractivity contribution in [2.75, 3.05) is 41.0 Å². The summed E-state index contributed by atoms with van der Waals surface area (Å²) in [5, 5.41) is 9.10. The van der Waals surface area contributed by atoms with Crippen LogP contribution in [0.15, 0.2) is 43.4 Å². The number of benzene rings is 1. The predicted octanol–water partition coefficient (Wildman–Crippen LogP) is 3.30. The Labute approximate surface area is 187 Å². The van der Waals surface area contributed by atoms with Gasteiger partial charge in [-0.25, -0.2) is 15.0 Å². The average molecular weight is 458 g/mol. The van der Waals surface area contributed by atoms with Gasteiger partial charge in [0.05, 0.1) is 5.52 Å². The van der Waals surface area contributed by atoms with Crippen molar-refractivity contribution >= 4 is 40.1 Å². The highest BCUT2D eigenvalue weighted by atomic mass is 19.4.